The van der Waals surface area contributed by atoms with Crippen molar-refractivity contribution >= 4 is 33.0 Å². The quantitative estimate of drug-likeness (QED) is 0.848. The van der Waals surface area contributed by atoms with Crippen molar-refractivity contribution in [1.29, 1.82) is 0 Å². The summed E-state index contributed by atoms with van der Waals surface area (Å²) in [5.74, 6) is -0.739. The Labute approximate surface area is 143 Å². The summed E-state index contributed by atoms with van der Waals surface area (Å²) in [5.41, 5.74) is -0.164. The third-order valence-electron chi connectivity index (χ3n) is 3.33. The number of anilines is 1. The van der Waals surface area contributed by atoms with Crippen LogP contribution >= 0.6 is 11.6 Å². The Balaban J connectivity index is 2.31. The van der Waals surface area contributed by atoms with Crippen LogP contribution in [0.15, 0.2) is 47.4 Å². The molecule has 24 heavy (non-hydrogen) atoms. The highest BCUT2D eigenvalue weighted by Crippen LogP contribution is 2.28. The maximum Gasteiger partial charge on any atom is 0.263 e. The minimum Gasteiger partial charge on any atom is -0.321 e. The summed E-state index contributed by atoms with van der Waals surface area (Å²) in [6.07, 6.45) is -2.70. The van der Waals surface area contributed by atoms with Crippen molar-refractivity contribution in [2.75, 3.05) is 11.1 Å². The summed E-state index contributed by atoms with van der Waals surface area (Å²) in [7, 11) is -3.46. The van der Waals surface area contributed by atoms with Gasteiger partial charge in [0.05, 0.1) is 21.4 Å². The number of nitrogens with one attached hydrogen (secondary N) is 1. The van der Waals surface area contributed by atoms with E-state index in [1.54, 1.807) is 0 Å². The van der Waals surface area contributed by atoms with Crippen LogP contribution in [0.1, 0.15) is 29.3 Å². The van der Waals surface area contributed by atoms with Gasteiger partial charge in [-0.05, 0) is 30.3 Å². The number of carbonyl (C=O) groups is 1. The molecule has 8 heteroatoms. The molecule has 4 nitrogen and oxygen atoms in total. The molecule has 0 atom stereocenters. The number of carbonyl (C=O) groups excluding carboxylic acids is 1. The second-order valence-corrected chi connectivity index (χ2v) is 7.61. The number of rotatable bonds is 5. The maximum absolute atomic E-state index is 12.7. The normalized spacial score (nSPS) is 11.5. The molecule has 0 aliphatic heterocycles. The van der Waals surface area contributed by atoms with Gasteiger partial charge in [0.2, 0.25) is 0 Å². The molecule has 1 amide bonds. The molecular formula is C16H14ClF2NO3S. The van der Waals surface area contributed by atoms with E-state index in [1.165, 1.54) is 37.3 Å². The molecule has 0 bridgehead atoms. The van der Waals surface area contributed by atoms with E-state index in [0.717, 1.165) is 12.1 Å². The third kappa shape index (κ3) is 4.10. The van der Waals surface area contributed by atoms with Gasteiger partial charge in [-0.25, -0.2) is 17.2 Å². The van der Waals surface area contributed by atoms with Gasteiger partial charge in [0.15, 0.2) is 9.84 Å². The lowest BCUT2D eigenvalue weighted by Gasteiger charge is -2.10. The van der Waals surface area contributed by atoms with E-state index in [4.69, 9.17) is 11.6 Å². The number of benzene rings is 2. The summed E-state index contributed by atoms with van der Waals surface area (Å²) >= 11 is 5.90. The first-order chi connectivity index (χ1) is 11.2. The summed E-state index contributed by atoms with van der Waals surface area (Å²) < 4.78 is 49.2. The van der Waals surface area contributed by atoms with E-state index in [1.807, 2.05) is 0 Å². The van der Waals surface area contributed by atoms with Gasteiger partial charge in [-0.3, -0.25) is 4.79 Å². The Bertz CT molecular complexity index is 869. The van der Waals surface area contributed by atoms with Gasteiger partial charge in [0, 0.05) is 11.1 Å². The van der Waals surface area contributed by atoms with E-state index in [0.29, 0.717) is 0 Å². The first-order valence-electron chi connectivity index (χ1n) is 6.96. The van der Waals surface area contributed by atoms with Crippen LogP contribution in [0, 0.1) is 0 Å². The van der Waals surface area contributed by atoms with Crippen molar-refractivity contribution in [3.8, 4) is 0 Å². The molecule has 1 N–H and O–H groups in total. The van der Waals surface area contributed by atoms with Crippen molar-refractivity contribution in [3.05, 3.63) is 58.6 Å². The molecule has 0 spiro atoms. The number of amides is 1. The van der Waals surface area contributed by atoms with Gasteiger partial charge < -0.3 is 5.32 Å². The number of hydrogen-bond donors (Lipinski definition) is 1. The Hall–Kier alpha value is -1.99. The van der Waals surface area contributed by atoms with Crippen molar-refractivity contribution in [2.24, 2.45) is 0 Å². The molecule has 0 saturated heterocycles. The molecule has 2 aromatic carbocycles. The fourth-order valence-corrected chi connectivity index (χ4v) is 3.06. The van der Waals surface area contributed by atoms with Gasteiger partial charge in [-0.2, -0.15) is 0 Å². The lowest BCUT2D eigenvalue weighted by molar-refractivity contribution is 0.102. The predicted octanol–water partition coefficient (Wildman–Crippen LogP) is 4.32. The highest BCUT2D eigenvalue weighted by atomic mass is 35.5. The molecular weight excluding hydrogens is 360 g/mol. The molecule has 0 aliphatic rings. The average Bonchev–Trinajstić information content (AvgIpc) is 2.56. The highest BCUT2D eigenvalue weighted by molar-refractivity contribution is 7.91. The minimum absolute atomic E-state index is 0.0186. The van der Waals surface area contributed by atoms with E-state index in [-0.39, 0.29) is 32.5 Å². The Morgan fingerprint density at radius 1 is 1.21 bits per heavy atom. The average molecular weight is 374 g/mol. The first kappa shape index (κ1) is 18.4. The van der Waals surface area contributed by atoms with Crippen LogP contribution < -0.4 is 5.32 Å². The third-order valence-corrected chi connectivity index (χ3v) is 5.39. The SMILES string of the molecule is CCS(=O)(=O)c1cccc(C(=O)Nc2cc(C(F)F)ccc2Cl)c1. The topological polar surface area (TPSA) is 63.2 Å². The lowest BCUT2D eigenvalue weighted by Crippen LogP contribution is -2.13. The minimum atomic E-state index is -3.46. The van der Waals surface area contributed by atoms with Crippen molar-refractivity contribution in [2.45, 2.75) is 18.2 Å². The predicted molar refractivity (Wildman–Crippen MR) is 88.5 cm³/mol. The fourth-order valence-electron chi connectivity index (χ4n) is 1.97. The molecule has 0 fully saturated rings. The Morgan fingerprint density at radius 3 is 2.54 bits per heavy atom. The van der Waals surface area contributed by atoms with Crippen molar-refractivity contribution < 1.29 is 22.0 Å². The zero-order valence-electron chi connectivity index (χ0n) is 12.6. The van der Waals surface area contributed by atoms with Gasteiger partial charge in [-0.15, -0.1) is 0 Å². The summed E-state index contributed by atoms with van der Waals surface area (Å²) in [6, 6.07) is 8.99. The second kappa shape index (κ2) is 7.27. The molecule has 2 rings (SSSR count). The van der Waals surface area contributed by atoms with E-state index in [2.05, 4.69) is 5.32 Å². The number of halogens is 3. The number of hydrogen-bond acceptors (Lipinski definition) is 3. The smallest absolute Gasteiger partial charge is 0.263 e. The summed E-state index contributed by atoms with van der Waals surface area (Å²) in [4.78, 5) is 12.3. The molecule has 0 heterocycles. The van der Waals surface area contributed by atoms with Gasteiger partial charge >= 0.3 is 0 Å². The van der Waals surface area contributed by atoms with Crippen molar-refractivity contribution in [1.82, 2.24) is 0 Å². The van der Waals surface area contributed by atoms with E-state index in [9.17, 15) is 22.0 Å². The van der Waals surface area contributed by atoms with Crippen LogP contribution in [-0.4, -0.2) is 20.1 Å². The lowest BCUT2D eigenvalue weighted by atomic mass is 10.1. The Kier molecular flexibility index (Phi) is 5.56. The van der Waals surface area contributed by atoms with E-state index < -0.39 is 22.2 Å². The summed E-state index contributed by atoms with van der Waals surface area (Å²) in [5, 5.41) is 2.52. The molecule has 0 radical (unpaired) electrons. The van der Waals surface area contributed by atoms with Gasteiger partial charge in [0.1, 0.15) is 0 Å². The van der Waals surface area contributed by atoms with Crippen LogP contribution in [-0.2, 0) is 9.84 Å². The van der Waals surface area contributed by atoms with E-state index >= 15 is 0 Å². The van der Waals surface area contributed by atoms with Crippen LogP contribution in [0.2, 0.25) is 5.02 Å². The molecule has 128 valence electrons. The molecule has 2 aromatic rings. The number of sulfone groups is 1. The molecule has 0 unspecified atom stereocenters. The van der Waals surface area contributed by atoms with Crippen LogP contribution in [0.5, 0.6) is 0 Å². The second-order valence-electron chi connectivity index (χ2n) is 4.93. The molecule has 0 aliphatic carbocycles. The van der Waals surface area contributed by atoms with Crippen LogP contribution in [0.3, 0.4) is 0 Å². The zero-order valence-corrected chi connectivity index (χ0v) is 14.2. The maximum atomic E-state index is 12.7. The standard InChI is InChI=1S/C16H14ClF2NO3S/c1-2-24(22,23)12-5-3-4-11(8-12)16(21)20-14-9-10(15(18)19)6-7-13(14)17/h3-9,15H,2H2,1H3,(H,20,21). The molecule has 0 aromatic heterocycles. The van der Waals surface area contributed by atoms with Gasteiger partial charge in [-0.1, -0.05) is 30.7 Å². The largest absolute Gasteiger partial charge is 0.321 e. The number of alkyl halides is 2. The van der Waals surface area contributed by atoms with Crippen molar-refractivity contribution in [3.63, 3.8) is 0 Å². The fraction of sp³-hybridized carbons (Fsp3) is 0.188. The molecule has 0 saturated carbocycles. The van der Waals surface area contributed by atoms with Crippen LogP contribution in [0.25, 0.3) is 0 Å². The monoisotopic (exact) mass is 373 g/mol. The highest BCUT2D eigenvalue weighted by Gasteiger charge is 2.16. The first-order valence-corrected chi connectivity index (χ1v) is 8.99. The van der Waals surface area contributed by atoms with Crippen LogP contribution in [0.4, 0.5) is 14.5 Å². The van der Waals surface area contributed by atoms with Gasteiger partial charge in [0.25, 0.3) is 12.3 Å². The zero-order chi connectivity index (χ0) is 17.9. The summed E-state index contributed by atoms with van der Waals surface area (Å²) in [6.45, 7) is 1.50. The Morgan fingerprint density at radius 2 is 1.92 bits per heavy atom.